The fourth-order valence-electron chi connectivity index (χ4n) is 3.18. The Morgan fingerprint density at radius 3 is 2.46 bits per heavy atom. The summed E-state index contributed by atoms with van der Waals surface area (Å²) in [4.78, 5) is 18.8. The van der Waals surface area contributed by atoms with Gasteiger partial charge < -0.3 is 13.9 Å². The molecule has 0 bridgehead atoms. The molecule has 3 heterocycles. The third kappa shape index (κ3) is 3.24. The van der Waals surface area contributed by atoms with Crippen molar-refractivity contribution in [2.45, 2.75) is 32.6 Å². The molecule has 0 N–H and O–H groups in total. The predicted molar refractivity (Wildman–Crippen MR) is 93.6 cm³/mol. The second-order valence-electron chi connectivity index (χ2n) is 6.71. The Balaban J connectivity index is 1.40. The van der Waals surface area contributed by atoms with Gasteiger partial charge in [0.15, 0.2) is 5.69 Å². The molecule has 7 heteroatoms. The SMILES string of the molecule is Cc1ccc(-c2noc(C3CCN(C(=O)c4cc(C)on4)CC3)n2)cc1. The van der Waals surface area contributed by atoms with Crippen LogP contribution in [0.1, 0.15) is 46.5 Å². The van der Waals surface area contributed by atoms with Crippen molar-refractivity contribution in [2.75, 3.05) is 13.1 Å². The predicted octanol–water partition coefficient (Wildman–Crippen LogP) is 3.36. The van der Waals surface area contributed by atoms with Gasteiger partial charge >= 0.3 is 0 Å². The maximum atomic E-state index is 12.4. The zero-order valence-corrected chi connectivity index (χ0v) is 14.8. The van der Waals surface area contributed by atoms with Gasteiger partial charge in [0.05, 0.1) is 0 Å². The average Bonchev–Trinajstić information content (AvgIpc) is 3.31. The van der Waals surface area contributed by atoms with Crippen molar-refractivity contribution < 1.29 is 13.8 Å². The second-order valence-corrected chi connectivity index (χ2v) is 6.71. The van der Waals surface area contributed by atoms with E-state index in [4.69, 9.17) is 9.05 Å². The molecule has 0 radical (unpaired) electrons. The molecule has 4 rings (SSSR count). The number of carbonyl (C=O) groups excluding carboxylic acids is 1. The number of hydrogen-bond donors (Lipinski definition) is 0. The molecule has 1 fully saturated rings. The van der Waals surface area contributed by atoms with Crippen molar-refractivity contribution in [3.8, 4) is 11.4 Å². The first-order chi connectivity index (χ1) is 12.6. The van der Waals surface area contributed by atoms with Crippen LogP contribution in [0.2, 0.25) is 0 Å². The quantitative estimate of drug-likeness (QED) is 0.718. The molecule has 3 aromatic rings. The van der Waals surface area contributed by atoms with Crippen molar-refractivity contribution in [3.05, 3.63) is 53.2 Å². The Labute approximate surface area is 151 Å². The van der Waals surface area contributed by atoms with E-state index in [0.29, 0.717) is 36.3 Å². The molecule has 0 aliphatic carbocycles. The Morgan fingerprint density at radius 1 is 1.08 bits per heavy atom. The fourth-order valence-corrected chi connectivity index (χ4v) is 3.18. The summed E-state index contributed by atoms with van der Waals surface area (Å²) in [6.07, 6.45) is 1.58. The molecule has 134 valence electrons. The lowest BCUT2D eigenvalue weighted by molar-refractivity contribution is 0.0694. The summed E-state index contributed by atoms with van der Waals surface area (Å²) in [5.74, 6) is 1.97. The fraction of sp³-hybridized carbons (Fsp3) is 0.368. The minimum Gasteiger partial charge on any atom is -0.361 e. The Morgan fingerprint density at radius 2 is 1.81 bits per heavy atom. The molecule has 1 saturated heterocycles. The first-order valence-electron chi connectivity index (χ1n) is 8.73. The topological polar surface area (TPSA) is 85.3 Å². The Bertz CT molecular complexity index is 905. The molecule has 26 heavy (non-hydrogen) atoms. The number of benzene rings is 1. The van der Waals surface area contributed by atoms with Crippen LogP contribution in [0.15, 0.2) is 39.4 Å². The van der Waals surface area contributed by atoms with Gasteiger partial charge in [-0.25, -0.2) is 0 Å². The van der Waals surface area contributed by atoms with E-state index in [1.807, 2.05) is 31.2 Å². The maximum Gasteiger partial charge on any atom is 0.276 e. The minimum atomic E-state index is -0.0915. The molecular formula is C19H20N4O3. The van der Waals surface area contributed by atoms with Gasteiger partial charge in [-0.05, 0) is 26.7 Å². The van der Waals surface area contributed by atoms with E-state index in [2.05, 4.69) is 15.3 Å². The number of carbonyl (C=O) groups is 1. The van der Waals surface area contributed by atoms with E-state index < -0.39 is 0 Å². The summed E-state index contributed by atoms with van der Waals surface area (Å²) in [5, 5.41) is 7.91. The van der Waals surface area contributed by atoms with E-state index in [1.54, 1.807) is 17.9 Å². The number of piperidine rings is 1. The highest BCUT2D eigenvalue weighted by atomic mass is 16.5. The molecule has 0 saturated carbocycles. The number of hydrogen-bond acceptors (Lipinski definition) is 6. The van der Waals surface area contributed by atoms with Crippen LogP contribution in [0.3, 0.4) is 0 Å². The van der Waals surface area contributed by atoms with Crippen LogP contribution >= 0.6 is 0 Å². The number of amides is 1. The highest BCUT2D eigenvalue weighted by Gasteiger charge is 2.29. The van der Waals surface area contributed by atoms with Crippen LogP contribution in [0.25, 0.3) is 11.4 Å². The average molecular weight is 352 g/mol. The van der Waals surface area contributed by atoms with E-state index in [-0.39, 0.29) is 11.8 Å². The number of aryl methyl sites for hydroxylation is 2. The molecule has 1 aliphatic rings. The van der Waals surface area contributed by atoms with Crippen molar-refractivity contribution in [1.82, 2.24) is 20.2 Å². The molecule has 0 atom stereocenters. The lowest BCUT2D eigenvalue weighted by Crippen LogP contribution is -2.38. The smallest absolute Gasteiger partial charge is 0.276 e. The highest BCUT2D eigenvalue weighted by molar-refractivity contribution is 5.92. The molecule has 0 spiro atoms. The first-order valence-corrected chi connectivity index (χ1v) is 8.73. The number of rotatable bonds is 3. The van der Waals surface area contributed by atoms with E-state index >= 15 is 0 Å². The summed E-state index contributed by atoms with van der Waals surface area (Å²) in [6.45, 7) is 5.09. The minimum absolute atomic E-state index is 0.0915. The first kappa shape index (κ1) is 16.5. The normalized spacial score (nSPS) is 15.4. The van der Waals surface area contributed by atoms with Gasteiger partial charge in [0.1, 0.15) is 5.76 Å². The number of likely N-dealkylation sites (tertiary alicyclic amines) is 1. The van der Waals surface area contributed by atoms with Crippen LogP contribution in [0.4, 0.5) is 0 Å². The molecule has 7 nitrogen and oxygen atoms in total. The molecule has 2 aromatic heterocycles. The zero-order chi connectivity index (χ0) is 18.1. The van der Waals surface area contributed by atoms with Gasteiger partial charge in [-0.3, -0.25) is 4.79 Å². The van der Waals surface area contributed by atoms with Gasteiger partial charge in [-0.1, -0.05) is 40.1 Å². The van der Waals surface area contributed by atoms with Crippen LogP contribution in [-0.4, -0.2) is 39.2 Å². The molecule has 1 aliphatic heterocycles. The summed E-state index contributed by atoms with van der Waals surface area (Å²) >= 11 is 0. The third-order valence-electron chi connectivity index (χ3n) is 4.73. The van der Waals surface area contributed by atoms with E-state index in [9.17, 15) is 4.79 Å². The Kier molecular flexibility index (Phi) is 4.28. The molecule has 1 aromatic carbocycles. The third-order valence-corrected chi connectivity index (χ3v) is 4.73. The van der Waals surface area contributed by atoms with Gasteiger partial charge in [0, 0.05) is 30.6 Å². The van der Waals surface area contributed by atoms with Crippen LogP contribution < -0.4 is 0 Å². The van der Waals surface area contributed by atoms with E-state index in [1.165, 1.54) is 5.56 Å². The lowest BCUT2D eigenvalue weighted by atomic mass is 9.96. The van der Waals surface area contributed by atoms with Crippen LogP contribution in [0.5, 0.6) is 0 Å². The van der Waals surface area contributed by atoms with Crippen molar-refractivity contribution in [1.29, 1.82) is 0 Å². The zero-order valence-electron chi connectivity index (χ0n) is 14.8. The summed E-state index contributed by atoms with van der Waals surface area (Å²) < 4.78 is 10.5. The maximum absolute atomic E-state index is 12.4. The van der Waals surface area contributed by atoms with E-state index in [0.717, 1.165) is 18.4 Å². The van der Waals surface area contributed by atoms with Crippen molar-refractivity contribution >= 4 is 5.91 Å². The number of aromatic nitrogens is 3. The summed E-state index contributed by atoms with van der Waals surface area (Å²) in [6, 6.07) is 9.71. The van der Waals surface area contributed by atoms with Crippen LogP contribution in [0, 0.1) is 13.8 Å². The highest BCUT2D eigenvalue weighted by Crippen LogP contribution is 2.29. The molecule has 0 unspecified atom stereocenters. The summed E-state index contributed by atoms with van der Waals surface area (Å²) in [5.41, 5.74) is 2.50. The molecular weight excluding hydrogens is 332 g/mol. The second kappa shape index (κ2) is 6.74. The monoisotopic (exact) mass is 352 g/mol. The molecule has 1 amide bonds. The van der Waals surface area contributed by atoms with Gasteiger partial charge in [0.25, 0.3) is 5.91 Å². The van der Waals surface area contributed by atoms with Crippen molar-refractivity contribution in [2.24, 2.45) is 0 Å². The number of nitrogens with zero attached hydrogens (tertiary/aromatic N) is 4. The van der Waals surface area contributed by atoms with Gasteiger partial charge in [-0.2, -0.15) is 4.98 Å². The standard InChI is InChI=1S/C19H20N4O3/c1-12-3-5-14(6-4-12)17-20-18(26-22-17)15-7-9-23(10-8-15)19(24)16-11-13(2)25-21-16/h3-6,11,15H,7-10H2,1-2H3. The lowest BCUT2D eigenvalue weighted by Gasteiger charge is -2.29. The largest absolute Gasteiger partial charge is 0.361 e. The van der Waals surface area contributed by atoms with Crippen molar-refractivity contribution in [3.63, 3.8) is 0 Å². The van der Waals surface area contributed by atoms with Crippen LogP contribution in [-0.2, 0) is 0 Å². The Hall–Kier alpha value is -2.96. The van der Waals surface area contributed by atoms with Gasteiger partial charge in [0.2, 0.25) is 11.7 Å². The van der Waals surface area contributed by atoms with Gasteiger partial charge in [-0.15, -0.1) is 0 Å². The summed E-state index contributed by atoms with van der Waals surface area (Å²) in [7, 11) is 0.